The van der Waals surface area contributed by atoms with Crippen LogP contribution in [-0.2, 0) is 4.74 Å². The van der Waals surface area contributed by atoms with Crippen molar-refractivity contribution in [2.75, 3.05) is 13.2 Å². The maximum absolute atomic E-state index is 5.89. The largest absolute Gasteiger partial charge is 0.378 e. The van der Waals surface area contributed by atoms with Crippen LogP contribution in [0.15, 0.2) is 12.7 Å². The highest BCUT2D eigenvalue weighted by Crippen LogP contribution is 2.54. The van der Waals surface area contributed by atoms with E-state index in [1.807, 2.05) is 6.08 Å². The molecule has 2 unspecified atom stereocenters. The smallest absolute Gasteiger partial charge is 0.0661 e. The number of hydrogen-bond donors (Lipinski definition) is 1. The van der Waals surface area contributed by atoms with Crippen LogP contribution in [0, 0.1) is 5.41 Å². The summed E-state index contributed by atoms with van der Waals surface area (Å²) in [5, 5.41) is 3.69. The molecule has 2 fully saturated rings. The minimum absolute atomic E-state index is 0.483. The highest BCUT2D eigenvalue weighted by atomic mass is 16.5. The standard InChI is InChI=1S/C14H25NO/c1-3-5-10-15-12-11-13(16-4-2)14(12)8-6-7-9-14/h3,12-13,15H,1,4-11H2,2H3. The van der Waals surface area contributed by atoms with E-state index in [-0.39, 0.29) is 0 Å². The fourth-order valence-electron chi connectivity index (χ4n) is 3.53. The Morgan fingerprint density at radius 3 is 2.81 bits per heavy atom. The van der Waals surface area contributed by atoms with Gasteiger partial charge in [0.2, 0.25) is 0 Å². The van der Waals surface area contributed by atoms with Crippen LogP contribution in [0.5, 0.6) is 0 Å². The summed E-state index contributed by atoms with van der Waals surface area (Å²) >= 11 is 0. The average molecular weight is 223 g/mol. The molecule has 0 amide bonds. The fourth-order valence-corrected chi connectivity index (χ4v) is 3.53. The van der Waals surface area contributed by atoms with E-state index in [2.05, 4.69) is 18.8 Å². The summed E-state index contributed by atoms with van der Waals surface area (Å²) in [5.74, 6) is 0. The zero-order valence-corrected chi connectivity index (χ0v) is 10.5. The lowest BCUT2D eigenvalue weighted by Gasteiger charge is -2.54. The van der Waals surface area contributed by atoms with E-state index in [0.29, 0.717) is 17.6 Å². The third-order valence-corrected chi connectivity index (χ3v) is 4.43. The molecule has 16 heavy (non-hydrogen) atoms. The Morgan fingerprint density at radius 1 is 1.44 bits per heavy atom. The van der Waals surface area contributed by atoms with Crippen LogP contribution in [0.1, 0.15) is 45.4 Å². The van der Waals surface area contributed by atoms with Crippen LogP contribution in [0.25, 0.3) is 0 Å². The summed E-state index contributed by atoms with van der Waals surface area (Å²) in [6.07, 6.45) is 10.3. The van der Waals surface area contributed by atoms with Crippen molar-refractivity contribution >= 4 is 0 Å². The molecule has 0 radical (unpaired) electrons. The molecule has 1 spiro atoms. The van der Waals surface area contributed by atoms with Gasteiger partial charge in [0, 0.05) is 18.1 Å². The van der Waals surface area contributed by atoms with Crippen molar-refractivity contribution in [3.8, 4) is 0 Å². The molecule has 0 heterocycles. The lowest BCUT2D eigenvalue weighted by molar-refractivity contribution is -0.130. The van der Waals surface area contributed by atoms with Gasteiger partial charge in [-0.1, -0.05) is 18.9 Å². The molecular weight excluding hydrogens is 198 g/mol. The lowest BCUT2D eigenvalue weighted by atomic mass is 9.60. The van der Waals surface area contributed by atoms with Gasteiger partial charge in [0.05, 0.1) is 6.10 Å². The van der Waals surface area contributed by atoms with E-state index in [1.165, 1.54) is 32.1 Å². The summed E-state index contributed by atoms with van der Waals surface area (Å²) in [6, 6.07) is 0.700. The average Bonchev–Trinajstić information content (AvgIpc) is 2.79. The van der Waals surface area contributed by atoms with Crippen molar-refractivity contribution in [2.24, 2.45) is 5.41 Å². The quantitative estimate of drug-likeness (QED) is 0.552. The molecule has 2 saturated carbocycles. The molecule has 0 aromatic heterocycles. The SMILES string of the molecule is C=CCCNC1CC(OCC)C12CCCC2. The molecule has 2 heteroatoms. The van der Waals surface area contributed by atoms with Crippen molar-refractivity contribution in [2.45, 2.75) is 57.6 Å². The first-order chi connectivity index (χ1) is 7.83. The van der Waals surface area contributed by atoms with E-state index in [1.54, 1.807) is 0 Å². The number of ether oxygens (including phenoxy) is 1. The van der Waals surface area contributed by atoms with E-state index in [9.17, 15) is 0 Å². The highest BCUT2D eigenvalue weighted by molar-refractivity contribution is 5.09. The monoisotopic (exact) mass is 223 g/mol. The second-order valence-corrected chi connectivity index (χ2v) is 5.20. The molecule has 2 atom stereocenters. The minimum Gasteiger partial charge on any atom is -0.378 e. The summed E-state index contributed by atoms with van der Waals surface area (Å²) in [7, 11) is 0. The number of nitrogens with one attached hydrogen (secondary N) is 1. The first-order valence-corrected chi connectivity index (χ1v) is 6.79. The summed E-state index contributed by atoms with van der Waals surface area (Å²) < 4.78 is 5.89. The summed E-state index contributed by atoms with van der Waals surface area (Å²) in [6.45, 7) is 7.83. The summed E-state index contributed by atoms with van der Waals surface area (Å²) in [5.41, 5.74) is 0.483. The molecule has 0 saturated heterocycles. The zero-order valence-electron chi connectivity index (χ0n) is 10.5. The molecule has 2 rings (SSSR count). The van der Waals surface area contributed by atoms with Gasteiger partial charge in [0.1, 0.15) is 0 Å². The molecule has 0 bridgehead atoms. The third kappa shape index (κ3) is 2.05. The topological polar surface area (TPSA) is 21.3 Å². The van der Waals surface area contributed by atoms with E-state index in [0.717, 1.165) is 19.6 Å². The van der Waals surface area contributed by atoms with Gasteiger partial charge in [-0.05, 0) is 39.2 Å². The Hall–Kier alpha value is -0.340. The van der Waals surface area contributed by atoms with Crippen molar-refractivity contribution in [1.29, 1.82) is 0 Å². The van der Waals surface area contributed by atoms with Gasteiger partial charge in [-0.25, -0.2) is 0 Å². The number of rotatable bonds is 6. The van der Waals surface area contributed by atoms with Crippen molar-refractivity contribution in [3.05, 3.63) is 12.7 Å². The third-order valence-electron chi connectivity index (χ3n) is 4.43. The molecule has 2 aliphatic rings. The molecule has 0 aliphatic heterocycles. The first-order valence-electron chi connectivity index (χ1n) is 6.79. The zero-order chi connectivity index (χ0) is 11.4. The predicted octanol–water partition coefficient (Wildman–Crippen LogP) is 2.89. The molecule has 2 nitrogen and oxygen atoms in total. The van der Waals surface area contributed by atoms with Crippen molar-refractivity contribution in [3.63, 3.8) is 0 Å². The molecule has 1 N–H and O–H groups in total. The number of hydrogen-bond acceptors (Lipinski definition) is 2. The molecule has 92 valence electrons. The summed E-state index contributed by atoms with van der Waals surface area (Å²) in [4.78, 5) is 0. The molecular formula is C14H25NO. The van der Waals surface area contributed by atoms with E-state index in [4.69, 9.17) is 4.74 Å². The van der Waals surface area contributed by atoms with Gasteiger partial charge < -0.3 is 10.1 Å². The van der Waals surface area contributed by atoms with Gasteiger partial charge in [0.25, 0.3) is 0 Å². The van der Waals surface area contributed by atoms with Crippen LogP contribution in [-0.4, -0.2) is 25.3 Å². The second kappa shape index (κ2) is 5.33. The maximum atomic E-state index is 5.89. The normalized spacial score (nSPS) is 31.6. The highest BCUT2D eigenvalue weighted by Gasteiger charge is 2.56. The van der Waals surface area contributed by atoms with Crippen LogP contribution in [0.4, 0.5) is 0 Å². The van der Waals surface area contributed by atoms with Gasteiger partial charge in [-0.15, -0.1) is 6.58 Å². The van der Waals surface area contributed by atoms with Crippen LogP contribution >= 0.6 is 0 Å². The predicted molar refractivity (Wildman–Crippen MR) is 67.5 cm³/mol. The Kier molecular flexibility index (Phi) is 4.04. The lowest BCUT2D eigenvalue weighted by Crippen LogP contribution is -2.62. The molecule has 2 aliphatic carbocycles. The first kappa shape index (κ1) is 12.1. The van der Waals surface area contributed by atoms with Crippen LogP contribution in [0.3, 0.4) is 0 Å². The Labute approximate surface area is 99.4 Å². The minimum atomic E-state index is 0.483. The van der Waals surface area contributed by atoms with E-state index >= 15 is 0 Å². The molecule has 0 aromatic carbocycles. The Morgan fingerprint density at radius 2 is 2.19 bits per heavy atom. The van der Waals surface area contributed by atoms with E-state index < -0.39 is 0 Å². The Bertz CT molecular complexity index is 233. The fraction of sp³-hybridized carbons (Fsp3) is 0.857. The van der Waals surface area contributed by atoms with Gasteiger partial charge in [-0.3, -0.25) is 0 Å². The maximum Gasteiger partial charge on any atom is 0.0661 e. The van der Waals surface area contributed by atoms with Crippen LogP contribution < -0.4 is 5.32 Å². The van der Waals surface area contributed by atoms with Crippen LogP contribution in [0.2, 0.25) is 0 Å². The Balaban J connectivity index is 1.87. The van der Waals surface area contributed by atoms with Gasteiger partial charge in [-0.2, -0.15) is 0 Å². The second-order valence-electron chi connectivity index (χ2n) is 5.20. The van der Waals surface area contributed by atoms with Gasteiger partial charge in [0.15, 0.2) is 0 Å². The van der Waals surface area contributed by atoms with Crippen molar-refractivity contribution < 1.29 is 4.74 Å². The van der Waals surface area contributed by atoms with Gasteiger partial charge >= 0.3 is 0 Å². The van der Waals surface area contributed by atoms with Crippen molar-refractivity contribution in [1.82, 2.24) is 5.32 Å². The molecule has 0 aromatic rings.